The molecule has 2 heterocycles. The number of sulfone groups is 1. The number of nitrogens with zero attached hydrogens (tertiary/aromatic N) is 2. The molecule has 1 aliphatic heterocycles. The van der Waals surface area contributed by atoms with Crippen LogP contribution >= 0.6 is 0 Å². The van der Waals surface area contributed by atoms with Crippen molar-refractivity contribution in [2.75, 3.05) is 25.2 Å². The molecule has 0 N–H and O–H groups in total. The first-order chi connectivity index (χ1) is 9.80. The van der Waals surface area contributed by atoms with Crippen molar-refractivity contribution < 1.29 is 22.7 Å². The summed E-state index contributed by atoms with van der Waals surface area (Å²) in [6.07, 6.45) is 2.13. The van der Waals surface area contributed by atoms with E-state index < -0.39 is 28.3 Å². The van der Waals surface area contributed by atoms with Crippen molar-refractivity contribution in [3.05, 3.63) is 24.0 Å². The van der Waals surface area contributed by atoms with Gasteiger partial charge in [0.15, 0.2) is 16.4 Å². The van der Waals surface area contributed by atoms with Crippen LogP contribution in [0.4, 0.5) is 0 Å². The standard InChI is InChI=1S/C13H18N2O5S/c1-14-6-3-4-11(14)13(17)20-8-12(16)15(2)10-5-7-21(18,19)9-10/h3-4,6,10H,5,7-9H2,1-2H3/t10-/m0/s1. The Morgan fingerprint density at radius 3 is 2.71 bits per heavy atom. The molecule has 2 rings (SSSR count). The molecule has 1 fully saturated rings. The third-order valence-electron chi connectivity index (χ3n) is 3.63. The fourth-order valence-electron chi connectivity index (χ4n) is 2.26. The van der Waals surface area contributed by atoms with Gasteiger partial charge in [0.05, 0.1) is 11.5 Å². The van der Waals surface area contributed by atoms with E-state index >= 15 is 0 Å². The minimum atomic E-state index is -3.05. The maximum Gasteiger partial charge on any atom is 0.355 e. The molecular weight excluding hydrogens is 296 g/mol. The van der Waals surface area contributed by atoms with E-state index in [1.807, 2.05) is 0 Å². The molecule has 1 amide bonds. The van der Waals surface area contributed by atoms with Crippen LogP contribution in [0, 0.1) is 0 Å². The number of carbonyl (C=O) groups is 2. The molecule has 116 valence electrons. The maximum absolute atomic E-state index is 11.9. The summed E-state index contributed by atoms with van der Waals surface area (Å²) >= 11 is 0. The number of carbonyl (C=O) groups excluding carboxylic acids is 2. The van der Waals surface area contributed by atoms with Crippen molar-refractivity contribution in [3.63, 3.8) is 0 Å². The second-order valence-electron chi connectivity index (χ2n) is 5.14. The average molecular weight is 314 g/mol. The number of hydrogen-bond acceptors (Lipinski definition) is 5. The molecule has 0 aromatic carbocycles. The first-order valence-electron chi connectivity index (χ1n) is 6.55. The second-order valence-corrected chi connectivity index (χ2v) is 7.37. The van der Waals surface area contributed by atoms with E-state index in [1.165, 1.54) is 11.9 Å². The summed E-state index contributed by atoms with van der Waals surface area (Å²) in [5, 5.41) is 0. The fraction of sp³-hybridized carbons (Fsp3) is 0.538. The molecular formula is C13H18N2O5S. The van der Waals surface area contributed by atoms with E-state index in [2.05, 4.69) is 0 Å². The van der Waals surface area contributed by atoms with Crippen LogP contribution in [0.2, 0.25) is 0 Å². The van der Waals surface area contributed by atoms with Crippen LogP contribution in [0.1, 0.15) is 16.9 Å². The Labute approximate surface area is 123 Å². The minimum Gasteiger partial charge on any atom is -0.451 e. The number of ether oxygens (including phenoxy) is 1. The molecule has 21 heavy (non-hydrogen) atoms. The third kappa shape index (κ3) is 3.63. The number of esters is 1. The molecule has 0 aliphatic carbocycles. The summed E-state index contributed by atoms with van der Waals surface area (Å²) in [5.41, 5.74) is 0.355. The first-order valence-corrected chi connectivity index (χ1v) is 8.37. The van der Waals surface area contributed by atoms with Gasteiger partial charge in [0.2, 0.25) is 0 Å². The topological polar surface area (TPSA) is 85.7 Å². The minimum absolute atomic E-state index is 0.0268. The number of amides is 1. The molecule has 1 aromatic rings. The Kier molecular flexibility index (Phi) is 4.36. The van der Waals surface area contributed by atoms with Gasteiger partial charge in [0.1, 0.15) is 5.69 Å². The van der Waals surface area contributed by atoms with Gasteiger partial charge < -0.3 is 14.2 Å². The van der Waals surface area contributed by atoms with Crippen LogP contribution < -0.4 is 0 Å². The lowest BCUT2D eigenvalue weighted by Crippen LogP contribution is -2.40. The summed E-state index contributed by atoms with van der Waals surface area (Å²) in [6.45, 7) is -0.392. The largest absolute Gasteiger partial charge is 0.451 e. The van der Waals surface area contributed by atoms with Crippen molar-refractivity contribution in [3.8, 4) is 0 Å². The fourth-order valence-corrected chi connectivity index (χ4v) is 4.04. The smallest absolute Gasteiger partial charge is 0.355 e. The van der Waals surface area contributed by atoms with Gasteiger partial charge in [-0.3, -0.25) is 4.79 Å². The quantitative estimate of drug-likeness (QED) is 0.720. The third-order valence-corrected chi connectivity index (χ3v) is 5.38. The maximum atomic E-state index is 11.9. The van der Waals surface area contributed by atoms with E-state index in [0.29, 0.717) is 12.1 Å². The molecule has 1 atom stereocenters. The van der Waals surface area contributed by atoms with E-state index in [-0.39, 0.29) is 17.5 Å². The Balaban J connectivity index is 1.87. The lowest BCUT2D eigenvalue weighted by atomic mass is 10.2. The van der Waals surface area contributed by atoms with Crippen LogP contribution in [-0.4, -0.2) is 61.0 Å². The number of rotatable bonds is 4. The molecule has 0 spiro atoms. The number of aryl methyl sites for hydroxylation is 1. The molecule has 0 radical (unpaired) electrons. The lowest BCUT2D eigenvalue weighted by molar-refractivity contribution is -0.134. The highest BCUT2D eigenvalue weighted by Crippen LogP contribution is 2.16. The zero-order valence-electron chi connectivity index (χ0n) is 12.0. The molecule has 1 aromatic heterocycles. The zero-order chi connectivity index (χ0) is 15.6. The van der Waals surface area contributed by atoms with Crippen LogP contribution in [0.5, 0.6) is 0 Å². The SMILES string of the molecule is CN(C(=O)COC(=O)c1cccn1C)[C@H]1CCS(=O)(=O)C1. The van der Waals surface area contributed by atoms with E-state index in [4.69, 9.17) is 4.74 Å². The highest BCUT2D eigenvalue weighted by molar-refractivity contribution is 7.91. The Bertz CT molecular complexity index is 649. The molecule has 0 bridgehead atoms. The highest BCUT2D eigenvalue weighted by atomic mass is 32.2. The zero-order valence-corrected chi connectivity index (χ0v) is 12.8. The molecule has 0 unspecified atom stereocenters. The average Bonchev–Trinajstić information content (AvgIpc) is 3.00. The van der Waals surface area contributed by atoms with Crippen molar-refractivity contribution in [1.29, 1.82) is 0 Å². The molecule has 8 heteroatoms. The van der Waals surface area contributed by atoms with Crippen molar-refractivity contribution in [2.24, 2.45) is 7.05 Å². The van der Waals surface area contributed by atoms with E-state index in [1.54, 1.807) is 29.9 Å². The lowest BCUT2D eigenvalue weighted by Gasteiger charge is -2.23. The summed E-state index contributed by atoms with van der Waals surface area (Å²) in [5.74, 6) is -0.915. The Morgan fingerprint density at radius 1 is 1.48 bits per heavy atom. The van der Waals surface area contributed by atoms with Crippen LogP contribution in [-0.2, 0) is 26.4 Å². The van der Waals surface area contributed by atoms with Crippen LogP contribution in [0.25, 0.3) is 0 Å². The van der Waals surface area contributed by atoms with Gasteiger partial charge in [-0.2, -0.15) is 0 Å². The van der Waals surface area contributed by atoms with Crippen molar-refractivity contribution in [1.82, 2.24) is 9.47 Å². The van der Waals surface area contributed by atoms with Gasteiger partial charge in [0, 0.05) is 26.3 Å². The van der Waals surface area contributed by atoms with Crippen molar-refractivity contribution >= 4 is 21.7 Å². The number of likely N-dealkylation sites (N-methyl/N-ethyl adjacent to an activating group) is 1. The summed E-state index contributed by atoms with van der Waals surface area (Å²) in [4.78, 5) is 25.1. The normalized spacial score (nSPS) is 20.2. The predicted octanol–water partition coefficient (Wildman–Crippen LogP) is -0.173. The van der Waals surface area contributed by atoms with Gasteiger partial charge in [-0.15, -0.1) is 0 Å². The van der Waals surface area contributed by atoms with Crippen LogP contribution in [0.15, 0.2) is 18.3 Å². The Hall–Kier alpha value is -1.83. The summed E-state index contributed by atoms with van der Waals surface area (Å²) in [6, 6.07) is 2.96. The van der Waals surface area contributed by atoms with Gasteiger partial charge in [-0.05, 0) is 18.6 Å². The number of aromatic nitrogens is 1. The van der Waals surface area contributed by atoms with Gasteiger partial charge in [-0.25, -0.2) is 13.2 Å². The van der Waals surface area contributed by atoms with Gasteiger partial charge in [0.25, 0.3) is 5.91 Å². The molecule has 1 saturated heterocycles. The van der Waals surface area contributed by atoms with E-state index in [9.17, 15) is 18.0 Å². The van der Waals surface area contributed by atoms with E-state index in [0.717, 1.165) is 0 Å². The number of hydrogen-bond donors (Lipinski definition) is 0. The first kappa shape index (κ1) is 15.6. The van der Waals surface area contributed by atoms with Crippen LogP contribution in [0.3, 0.4) is 0 Å². The highest BCUT2D eigenvalue weighted by Gasteiger charge is 2.32. The monoisotopic (exact) mass is 314 g/mol. The van der Waals surface area contributed by atoms with Gasteiger partial charge >= 0.3 is 5.97 Å². The Morgan fingerprint density at radius 2 is 2.19 bits per heavy atom. The summed E-state index contributed by atoms with van der Waals surface area (Å²) in [7, 11) is 0.183. The predicted molar refractivity (Wildman–Crippen MR) is 75.5 cm³/mol. The molecule has 1 aliphatic rings. The molecule has 7 nitrogen and oxygen atoms in total. The summed E-state index contributed by atoms with van der Waals surface area (Å²) < 4.78 is 29.4. The molecule has 0 saturated carbocycles. The van der Waals surface area contributed by atoms with Crippen molar-refractivity contribution in [2.45, 2.75) is 12.5 Å². The second kappa shape index (κ2) is 5.88. The van der Waals surface area contributed by atoms with Gasteiger partial charge in [-0.1, -0.05) is 0 Å².